The number of hydrogen-bond donors (Lipinski definition) is 4. The molecule has 0 spiro atoms. The summed E-state index contributed by atoms with van der Waals surface area (Å²) in [6.45, 7) is 0. The molecule has 0 aromatic rings. The molecular weight excluding hydrogens is 181 g/mol. The van der Waals surface area contributed by atoms with Crippen LogP contribution in [0.1, 0.15) is 1.43 Å². The monoisotopic (exact) mass is 186 g/mol. The largest absolute Gasteiger partial charge is 1.00 e. The van der Waals surface area contributed by atoms with Gasteiger partial charge in [0.15, 0.2) is 0 Å². The van der Waals surface area contributed by atoms with Gasteiger partial charge in [-0.3, -0.25) is 0 Å². The summed E-state index contributed by atoms with van der Waals surface area (Å²) in [6, 6.07) is 0. The molecule has 8 heteroatoms. The van der Waals surface area contributed by atoms with Crippen LogP contribution in [0.25, 0.3) is 0 Å². The molecule has 8 heavy (non-hydrogen) atoms. The van der Waals surface area contributed by atoms with Crippen LogP contribution in [0, 0.1) is 0 Å². The van der Waals surface area contributed by atoms with Gasteiger partial charge < -0.3 is 21.0 Å². The van der Waals surface area contributed by atoms with Crippen molar-refractivity contribution in [1.29, 1.82) is 0 Å². The van der Waals surface area contributed by atoms with E-state index in [-0.39, 0.29) is 52.8 Å². The molecule has 0 fully saturated rings. The van der Waals surface area contributed by atoms with Gasteiger partial charge in [-0.1, -0.05) is 0 Å². The summed E-state index contributed by atoms with van der Waals surface area (Å²) in [5.74, 6) is 0. The average molecular weight is 186 g/mol. The molecule has 0 aromatic carbocycles. The van der Waals surface area contributed by atoms with Crippen molar-refractivity contribution >= 4 is 17.2 Å². The zero-order valence-electron chi connectivity index (χ0n) is 5.09. The third-order valence-corrected chi connectivity index (χ3v) is 1.31. The molecule has 0 aliphatic carbocycles. The first-order valence-corrected chi connectivity index (χ1v) is 3.50. The molecule has 0 unspecified atom stereocenters. The Morgan fingerprint density at radius 3 is 1.25 bits per heavy atom. The normalized spacial score (nSPS) is 9.75. The minimum Gasteiger partial charge on any atom is -1.00 e. The van der Waals surface area contributed by atoms with Gasteiger partial charge >= 0.3 is 68.6 Å². The Morgan fingerprint density at radius 2 is 1.25 bits per heavy atom. The van der Waals surface area contributed by atoms with Gasteiger partial charge in [0.25, 0.3) is 0 Å². The minimum absolute atomic E-state index is 0. The predicted molar refractivity (Wildman–Crippen MR) is 24.9 cm³/mol. The maximum atomic E-state index is 7.82. The molecule has 0 saturated heterocycles. The Hall–Kier alpha value is 2.30. The SMILES string of the molecule is OP(O)OP(O)O.[H-].[K+]. The number of hydrogen-bond acceptors (Lipinski definition) is 5. The Morgan fingerprint density at radius 1 is 1.00 bits per heavy atom. The summed E-state index contributed by atoms with van der Waals surface area (Å²) in [5.41, 5.74) is 0. The van der Waals surface area contributed by atoms with Gasteiger partial charge in [0, 0.05) is 0 Å². The molecule has 0 saturated carbocycles. The topological polar surface area (TPSA) is 90.2 Å². The van der Waals surface area contributed by atoms with E-state index in [9.17, 15) is 0 Å². The van der Waals surface area contributed by atoms with Crippen molar-refractivity contribution in [2.45, 2.75) is 0 Å². The van der Waals surface area contributed by atoms with E-state index in [1.807, 2.05) is 0 Å². The van der Waals surface area contributed by atoms with Crippen molar-refractivity contribution in [2.24, 2.45) is 0 Å². The van der Waals surface area contributed by atoms with E-state index in [0.717, 1.165) is 0 Å². The summed E-state index contributed by atoms with van der Waals surface area (Å²) in [7, 11) is -5.22. The van der Waals surface area contributed by atoms with Gasteiger partial charge in [-0.25, -0.2) is 4.31 Å². The van der Waals surface area contributed by atoms with Crippen LogP contribution >= 0.6 is 17.2 Å². The zero-order valence-corrected chi connectivity index (χ0v) is 9.00. The third-order valence-electron chi connectivity index (χ3n) is 0.146. The summed E-state index contributed by atoms with van der Waals surface area (Å²) in [5, 5.41) is 0. The van der Waals surface area contributed by atoms with Crippen LogP contribution < -0.4 is 51.4 Å². The molecule has 0 radical (unpaired) electrons. The number of rotatable bonds is 2. The summed E-state index contributed by atoms with van der Waals surface area (Å²) >= 11 is 0. The summed E-state index contributed by atoms with van der Waals surface area (Å²) < 4.78 is 3.60. The maximum Gasteiger partial charge on any atom is 1.00 e. The van der Waals surface area contributed by atoms with E-state index >= 15 is 0 Å². The molecule has 5 nitrogen and oxygen atoms in total. The zero-order chi connectivity index (χ0) is 5.86. The van der Waals surface area contributed by atoms with Crippen molar-refractivity contribution < 1.29 is 76.7 Å². The fourth-order valence-electron chi connectivity index (χ4n) is 0.0653. The van der Waals surface area contributed by atoms with E-state index in [0.29, 0.717) is 0 Å². The Bertz CT molecular complexity index is 44.2. The Balaban J connectivity index is -0.000000180. The van der Waals surface area contributed by atoms with Crippen LogP contribution in [0.4, 0.5) is 0 Å². The maximum absolute atomic E-state index is 7.82. The summed E-state index contributed by atoms with van der Waals surface area (Å²) in [6.07, 6.45) is 0. The van der Waals surface area contributed by atoms with Crippen molar-refractivity contribution in [3.05, 3.63) is 0 Å². The van der Waals surface area contributed by atoms with Crippen LogP contribution in [0.3, 0.4) is 0 Å². The van der Waals surface area contributed by atoms with Crippen LogP contribution in [0.5, 0.6) is 0 Å². The second-order valence-electron chi connectivity index (χ2n) is 0.587. The van der Waals surface area contributed by atoms with Crippen molar-refractivity contribution in [3.8, 4) is 0 Å². The van der Waals surface area contributed by atoms with E-state index < -0.39 is 17.2 Å². The molecule has 0 aliphatic heterocycles. The molecule has 0 heterocycles. The first kappa shape index (κ1) is 12.9. The fraction of sp³-hybridized carbons (Fsp3) is 0. The molecule has 4 N–H and O–H groups in total. The fourth-order valence-corrected chi connectivity index (χ4v) is 0.588. The van der Waals surface area contributed by atoms with E-state index in [2.05, 4.69) is 4.31 Å². The van der Waals surface area contributed by atoms with Crippen LogP contribution in [0.2, 0.25) is 0 Å². The molecule has 0 atom stereocenters. The van der Waals surface area contributed by atoms with Crippen LogP contribution in [-0.2, 0) is 4.31 Å². The molecule has 0 aromatic heterocycles. The summed E-state index contributed by atoms with van der Waals surface area (Å²) in [4.78, 5) is 31.3. The Labute approximate surface area is 92.6 Å². The van der Waals surface area contributed by atoms with Crippen molar-refractivity contribution in [2.75, 3.05) is 0 Å². The van der Waals surface area contributed by atoms with Crippen LogP contribution in [-0.4, -0.2) is 19.6 Å². The van der Waals surface area contributed by atoms with E-state index in [1.54, 1.807) is 0 Å². The minimum atomic E-state index is -2.61. The Kier molecular flexibility index (Phi) is 12.0. The second kappa shape index (κ2) is 7.40. The van der Waals surface area contributed by atoms with Gasteiger partial charge in [-0.15, -0.1) is 0 Å². The predicted octanol–water partition coefficient (Wildman–Crippen LogP) is -3.46. The average Bonchev–Trinajstić information content (AvgIpc) is 1.27. The van der Waals surface area contributed by atoms with Gasteiger partial charge in [0.1, 0.15) is 0 Å². The molecule has 0 bridgehead atoms. The second-order valence-corrected chi connectivity index (χ2v) is 2.25. The van der Waals surface area contributed by atoms with Gasteiger partial charge in [0.05, 0.1) is 0 Å². The van der Waals surface area contributed by atoms with Crippen LogP contribution in [0.15, 0.2) is 0 Å². The molecule has 0 rings (SSSR count). The first-order valence-electron chi connectivity index (χ1n) is 1.17. The first-order chi connectivity index (χ1) is 3.13. The smallest absolute Gasteiger partial charge is 1.00 e. The van der Waals surface area contributed by atoms with Gasteiger partial charge in [0.2, 0.25) is 0 Å². The quantitative estimate of drug-likeness (QED) is 0.266. The standard InChI is InChI=1S/K.H4O5P2.H/c;1-6(2)5-7(3)4;/h;1-4H;/q+1;;-1. The van der Waals surface area contributed by atoms with Gasteiger partial charge in [-0.05, 0) is 0 Å². The van der Waals surface area contributed by atoms with Crippen molar-refractivity contribution in [1.82, 2.24) is 0 Å². The van der Waals surface area contributed by atoms with Crippen molar-refractivity contribution in [3.63, 3.8) is 0 Å². The molecular formula is H5KO5P2. The van der Waals surface area contributed by atoms with E-state index in [4.69, 9.17) is 19.6 Å². The van der Waals surface area contributed by atoms with E-state index in [1.165, 1.54) is 0 Å². The molecule has 0 aliphatic rings. The third kappa shape index (κ3) is 11.1. The molecule has 46 valence electrons. The molecule has 0 amide bonds. The van der Waals surface area contributed by atoms with Gasteiger partial charge in [-0.2, -0.15) is 0 Å².